The van der Waals surface area contributed by atoms with Gasteiger partial charge in [-0.3, -0.25) is 9.59 Å². The Morgan fingerprint density at radius 1 is 1.28 bits per heavy atom. The Bertz CT molecular complexity index is 1070. The van der Waals surface area contributed by atoms with Crippen molar-refractivity contribution in [3.8, 4) is 11.7 Å². The molecule has 5 nitrogen and oxygen atoms in total. The summed E-state index contributed by atoms with van der Waals surface area (Å²) in [5.41, 5.74) is 2.19. The van der Waals surface area contributed by atoms with Gasteiger partial charge in [-0.15, -0.1) is 0 Å². The minimum atomic E-state index is -0.578. The first-order chi connectivity index (χ1) is 13.6. The number of ketones is 1. The van der Waals surface area contributed by atoms with Gasteiger partial charge in [0.2, 0.25) is 0 Å². The van der Waals surface area contributed by atoms with E-state index in [9.17, 15) is 14.7 Å². The first-order valence-corrected chi connectivity index (χ1v) is 9.93. The molecule has 1 aliphatic rings. The van der Waals surface area contributed by atoms with E-state index in [4.69, 9.17) is 9.15 Å². The van der Waals surface area contributed by atoms with Crippen LogP contribution in [-0.2, 0) is 4.79 Å². The number of fused-ring (bicyclic) bond motifs is 2. The summed E-state index contributed by atoms with van der Waals surface area (Å²) in [7, 11) is 0. The summed E-state index contributed by atoms with van der Waals surface area (Å²) in [6.45, 7) is 9.73. The van der Waals surface area contributed by atoms with Crippen LogP contribution in [0.15, 0.2) is 50.7 Å². The van der Waals surface area contributed by atoms with Crippen LogP contribution in [0.3, 0.4) is 0 Å². The largest absolute Gasteiger partial charge is 0.508 e. The number of phenols is 1. The van der Waals surface area contributed by atoms with Crippen LogP contribution in [0.25, 0.3) is 11.0 Å². The number of hydrogen-bond acceptors (Lipinski definition) is 5. The molecule has 2 aromatic rings. The number of ether oxygens (including phenoxy) is 1. The summed E-state index contributed by atoms with van der Waals surface area (Å²) >= 11 is 0. The summed E-state index contributed by atoms with van der Waals surface area (Å²) in [5.74, 6) is 0.251. The van der Waals surface area contributed by atoms with E-state index >= 15 is 0 Å². The highest BCUT2D eigenvalue weighted by molar-refractivity contribution is 5.91. The van der Waals surface area contributed by atoms with Gasteiger partial charge in [-0.25, -0.2) is 0 Å². The predicted octanol–water partition coefficient (Wildman–Crippen LogP) is 5.41. The zero-order valence-electron chi connectivity index (χ0n) is 17.7. The number of phenolic OH excluding ortho intramolecular Hbond substituents is 1. The lowest BCUT2D eigenvalue weighted by Gasteiger charge is -2.27. The van der Waals surface area contributed by atoms with Crippen LogP contribution in [0.5, 0.6) is 11.7 Å². The lowest BCUT2D eigenvalue weighted by atomic mass is 9.83. The molecular formula is C24H28O5. The highest BCUT2D eigenvalue weighted by atomic mass is 16.6. The van der Waals surface area contributed by atoms with E-state index < -0.39 is 5.60 Å². The molecule has 0 saturated carbocycles. The van der Waals surface area contributed by atoms with Gasteiger partial charge in [0.1, 0.15) is 16.9 Å². The summed E-state index contributed by atoms with van der Waals surface area (Å²) in [6, 6.07) is 4.49. The molecule has 0 bridgehead atoms. The van der Waals surface area contributed by atoms with Gasteiger partial charge in [0, 0.05) is 18.4 Å². The smallest absolute Gasteiger partial charge is 0.293 e. The quantitative estimate of drug-likeness (QED) is 0.522. The third kappa shape index (κ3) is 4.29. The van der Waals surface area contributed by atoms with Gasteiger partial charge >= 0.3 is 0 Å². The molecule has 1 aromatic heterocycles. The maximum Gasteiger partial charge on any atom is 0.293 e. The summed E-state index contributed by atoms with van der Waals surface area (Å²) < 4.78 is 11.9. The number of carbonyl (C=O) groups is 1. The zero-order valence-corrected chi connectivity index (χ0v) is 17.7. The van der Waals surface area contributed by atoms with Crippen LogP contribution in [0.2, 0.25) is 0 Å². The number of rotatable bonds is 6. The maximum absolute atomic E-state index is 12.9. The van der Waals surface area contributed by atoms with Crippen molar-refractivity contribution in [2.24, 2.45) is 0 Å². The molecule has 0 fully saturated rings. The van der Waals surface area contributed by atoms with Gasteiger partial charge in [0.25, 0.3) is 5.95 Å². The molecule has 1 aliphatic heterocycles. The molecule has 29 heavy (non-hydrogen) atoms. The second kappa shape index (κ2) is 7.90. The second-order valence-corrected chi connectivity index (χ2v) is 8.40. The molecule has 5 heteroatoms. The van der Waals surface area contributed by atoms with Gasteiger partial charge in [0.05, 0.1) is 10.9 Å². The average molecular weight is 396 g/mol. The van der Waals surface area contributed by atoms with Crippen molar-refractivity contribution >= 4 is 16.8 Å². The van der Waals surface area contributed by atoms with Crippen molar-refractivity contribution < 1.29 is 19.1 Å². The SMILES string of the molecule is CC(C)=CC(=O)CC(C)=CCC[C@@]1(C)Oc2oc3cc(O)ccc3c(=O)c2[C@H]1C. The van der Waals surface area contributed by atoms with E-state index in [2.05, 4.69) is 6.08 Å². The van der Waals surface area contributed by atoms with E-state index in [1.807, 2.05) is 34.6 Å². The Hall–Kier alpha value is -2.82. The van der Waals surface area contributed by atoms with Crippen molar-refractivity contribution in [2.45, 2.75) is 65.4 Å². The Balaban J connectivity index is 1.77. The second-order valence-electron chi connectivity index (χ2n) is 8.40. The van der Waals surface area contributed by atoms with E-state index in [1.165, 1.54) is 12.1 Å². The van der Waals surface area contributed by atoms with Gasteiger partial charge in [0.15, 0.2) is 11.2 Å². The molecule has 0 radical (unpaired) electrons. The molecular weight excluding hydrogens is 368 g/mol. The molecule has 1 aromatic carbocycles. The fraction of sp³-hybridized carbons (Fsp3) is 0.417. The van der Waals surface area contributed by atoms with E-state index in [-0.39, 0.29) is 28.8 Å². The number of carbonyl (C=O) groups excluding carboxylic acids is 1. The third-order valence-electron chi connectivity index (χ3n) is 5.59. The number of benzene rings is 1. The molecule has 0 spiro atoms. The van der Waals surface area contributed by atoms with Crippen LogP contribution >= 0.6 is 0 Å². The summed E-state index contributed by atoms with van der Waals surface area (Å²) in [6.07, 6.45) is 5.56. The summed E-state index contributed by atoms with van der Waals surface area (Å²) in [4.78, 5) is 24.9. The topological polar surface area (TPSA) is 76.7 Å². The minimum Gasteiger partial charge on any atom is -0.508 e. The van der Waals surface area contributed by atoms with Crippen molar-refractivity contribution in [3.63, 3.8) is 0 Å². The van der Waals surface area contributed by atoms with Crippen molar-refractivity contribution in [1.29, 1.82) is 0 Å². The minimum absolute atomic E-state index is 0.0395. The third-order valence-corrected chi connectivity index (χ3v) is 5.59. The predicted molar refractivity (Wildman–Crippen MR) is 114 cm³/mol. The average Bonchev–Trinajstić information content (AvgIpc) is 2.84. The lowest BCUT2D eigenvalue weighted by molar-refractivity contribution is -0.114. The number of hydrogen-bond donors (Lipinski definition) is 1. The first-order valence-electron chi connectivity index (χ1n) is 9.93. The van der Waals surface area contributed by atoms with Gasteiger partial charge in [-0.2, -0.15) is 0 Å². The fourth-order valence-electron chi connectivity index (χ4n) is 3.82. The molecule has 0 unspecified atom stereocenters. The fourth-order valence-corrected chi connectivity index (χ4v) is 3.82. The lowest BCUT2D eigenvalue weighted by Crippen LogP contribution is -2.33. The van der Waals surface area contributed by atoms with Gasteiger partial charge in [-0.05, 0) is 58.7 Å². The standard InChI is InChI=1S/C24H28O5/c1-14(2)11-18(26)12-15(3)7-6-10-24(5)16(4)21-22(27)19-9-8-17(25)13-20(19)28-23(21)29-24/h7-9,11,13,16,25H,6,10,12H2,1-5H3/t16-,24-/m1/s1. The molecule has 0 amide bonds. The van der Waals surface area contributed by atoms with Crippen LogP contribution in [-0.4, -0.2) is 16.5 Å². The number of aromatic hydroxyl groups is 1. The van der Waals surface area contributed by atoms with E-state index in [1.54, 1.807) is 12.1 Å². The van der Waals surface area contributed by atoms with Crippen molar-refractivity contribution in [2.75, 3.05) is 0 Å². The molecule has 0 aliphatic carbocycles. The van der Waals surface area contributed by atoms with Crippen LogP contribution in [0.1, 0.15) is 65.4 Å². The molecule has 3 rings (SSSR count). The van der Waals surface area contributed by atoms with Crippen LogP contribution < -0.4 is 10.2 Å². The number of allylic oxidation sites excluding steroid dienone is 4. The van der Waals surface area contributed by atoms with E-state index in [0.29, 0.717) is 29.4 Å². The molecule has 1 N–H and O–H groups in total. The monoisotopic (exact) mass is 396 g/mol. The highest BCUT2D eigenvalue weighted by Gasteiger charge is 2.45. The normalized spacial score (nSPS) is 21.0. The van der Waals surface area contributed by atoms with Crippen molar-refractivity contribution in [1.82, 2.24) is 0 Å². The molecule has 154 valence electrons. The van der Waals surface area contributed by atoms with E-state index in [0.717, 1.165) is 17.6 Å². The Morgan fingerprint density at radius 2 is 2.00 bits per heavy atom. The maximum atomic E-state index is 12.9. The zero-order chi connectivity index (χ0) is 21.3. The first kappa shape index (κ1) is 20.9. The molecule has 2 atom stereocenters. The Morgan fingerprint density at radius 3 is 2.69 bits per heavy atom. The van der Waals surface area contributed by atoms with Crippen LogP contribution in [0.4, 0.5) is 0 Å². The van der Waals surface area contributed by atoms with Gasteiger partial charge < -0.3 is 14.3 Å². The summed E-state index contributed by atoms with van der Waals surface area (Å²) in [5, 5.41) is 10.1. The highest BCUT2D eigenvalue weighted by Crippen LogP contribution is 2.46. The van der Waals surface area contributed by atoms with Crippen LogP contribution in [0, 0.1) is 0 Å². The van der Waals surface area contributed by atoms with Crippen molar-refractivity contribution in [3.05, 3.63) is 57.3 Å². The Kier molecular flexibility index (Phi) is 5.69. The van der Waals surface area contributed by atoms with Gasteiger partial charge in [-0.1, -0.05) is 24.1 Å². The molecule has 0 saturated heterocycles. The Labute approximate surface area is 170 Å². The molecule has 2 heterocycles.